The summed E-state index contributed by atoms with van der Waals surface area (Å²) in [4.78, 5) is 9.58. The Bertz CT molecular complexity index is 1010. The zero-order valence-electron chi connectivity index (χ0n) is 15.3. The van der Waals surface area contributed by atoms with E-state index in [1.54, 1.807) is 0 Å². The van der Waals surface area contributed by atoms with Crippen LogP contribution in [0, 0.1) is 0 Å². The van der Waals surface area contributed by atoms with Crippen LogP contribution in [0.4, 0.5) is 0 Å². The molecule has 0 bridgehead atoms. The standard InChI is InChI=1S/C23H23N3O/c27-15-17-4-3-6-18(12-17)23-21-7-2-1-5-19(21)13-24-22(23)14-25-10-11-26(16-25)20-8-9-20/h1-7,10-13,20,27H,8-9,14-16H2. The van der Waals surface area contributed by atoms with Gasteiger partial charge in [0.25, 0.3) is 0 Å². The number of aliphatic hydroxyl groups excluding tert-OH is 1. The van der Waals surface area contributed by atoms with Gasteiger partial charge in [0.15, 0.2) is 0 Å². The van der Waals surface area contributed by atoms with Crippen LogP contribution in [0.3, 0.4) is 0 Å². The normalized spacial score (nSPS) is 16.5. The molecule has 4 nitrogen and oxygen atoms in total. The minimum absolute atomic E-state index is 0.0482. The van der Waals surface area contributed by atoms with E-state index in [0.717, 1.165) is 41.5 Å². The molecular weight excluding hydrogens is 334 g/mol. The molecule has 1 aliphatic carbocycles. The first-order chi connectivity index (χ1) is 13.3. The smallest absolute Gasteiger partial charge is 0.0900 e. The molecule has 0 radical (unpaired) electrons. The van der Waals surface area contributed by atoms with Crippen molar-refractivity contribution in [3.8, 4) is 11.1 Å². The van der Waals surface area contributed by atoms with Crippen LogP contribution in [-0.2, 0) is 13.2 Å². The number of fused-ring (bicyclic) bond motifs is 1. The second-order valence-corrected chi connectivity index (χ2v) is 7.46. The van der Waals surface area contributed by atoms with E-state index in [9.17, 15) is 5.11 Å². The minimum Gasteiger partial charge on any atom is -0.392 e. The molecular formula is C23H23N3O. The van der Waals surface area contributed by atoms with Gasteiger partial charge >= 0.3 is 0 Å². The maximum absolute atomic E-state index is 9.57. The van der Waals surface area contributed by atoms with Crippen LogP contribution < -0.4 is 0 Å². The van der Waals surface area contributed by atoms with Gasteiger partial charge in [-0.25, -0.2) is 0 Å². The number of aliphatic hydroxyl groups is 1. The van der Waals surface area contributed by atoms with E-state index >= 15 is 0 Å². The van der Waals surface area contributed by atoms with E-state index in [0.29, 0.717) is 0 Å². The summed E-state index contributed by atoms with van der Waals surface area (Å²) < 4.78 is 0. The predicted octanol–water partition coefficient (Wildman–Crippen LogP) is 4.10. The summed E-state index contributed by atoms with van der Waals surface area (Å²) >= 11 is 0. The zero-order chi connectivity index (χ0) is 18.2. The minimum atomic E-state index is 0.0482. The molecule has 1 saturated carbocycles. The summed E-state index contributed by atoms with van der Waals surface area (Å²) in [6.07, 6.45) is 8.99. The Morgan fingerprint density at radius 1 is 1.04 bits per heavy atom. The number of nitrogens with zero attached hydrogens (tertiary/aromatic N) is 3. The highest BCUT2D eigenvalue weighted by Gasteiger charge is 2.30. The highest BCUT2D eigenvalue weighted by Crippen LogP contribution is 2.34. The van der Waals surface area contributed by atoms with Crippen LogP contribution in [0.2, 0.25) is 0 Å². The van der Waals surface area contributed by atoms with Crippen molar-refractivity contribution < 1.29 is 5.11 Å². The SMILES string of the molecule is OCc1cccc(-c2c(CN3C=CN(C4CC4)C3)ncc3ccccc23)c1. The number of hydrogen-bond acceptors (Lipinski definition) is 4. The van der Waals surface area contributed by atoms with Gasteiger partial charge in [0.1, 0.15) is 0 Å². The number of aromatic nitrogens is 1. The lowest BCUT2D eigenvalue weighted by Gasteiger charge is -2.22. The predicted molar refractivity (Wildman–Crippen MR) is 108 cm³/mol. The Hall–Kier alpha value is -2.85. The van der Waals surface area contributed by atoms with Gasteiger partial charge < -0.3 is 14.9 Å². The Morgan fingerprint density at radius 2 is 1.93 bits per heavy atom. The fourth-order valence-electron chi connectivity index (χ4n) is 3.89. The summed E-state index contributed by atoms with van der Waals surface area (Å²) in [5, 5.41) is 11.9. The second kappa shape index (κ2) is 6.71. The second-order valence-electron chi connectivity index (χ2n) is 7.46. The molecule has 2 heterocycles. The Balaban J connectivity index is 1.56. The van der Waals surface area contributed by atoms with E-state index in [1.165, 1.54) is 23.8 Å². The Morgan fingerprint density at radius 3 is 2.78 bits per heavy atom. The molecule has 136 valence electrons. The average Bonchev–Trinajstić information content (AvgIpc) is 3.47. The topological polar surface area (TPSA) is 39.6 Å². The van der Waals surface area contributed by atoms with Crippen LogP contribution in [0.5, 0.6) is 0 Å². The lowest BCUT2D eigenvalue weighted by atomic mass is 9.96. The molecule has 2 aliphatic rings. The third-order valence-electron chi connectivity index (χ3n) is 5.46. The highest BCUT2D eigenvalue weighted by molar-refractivity contribution is 5.97. The molecule has 0 atom stereocenters. The molecule has 3 aromatic rings. The molecule has 0 unspecified atom stereocenters. The van der Waals surface area contributed by atoms with Crippen molar-refractivity contribution >= 4 is 10.8 Å². The Labute approximate surface area is 159 Å². The van der Waals surface area contributed by atoms with E-state index < -0.39 is 0 Å². The maximum Gasteiger partial charge on any atom is 0.0900 e. The molecule has 2 aromatic carbocycles. The van der Waals surface area contributed by atoms with Crippen molar-refractivity contribution in [2.45, 2.75) is 32.0 Å². The van der Waals surface area contributed by atoms with Crippen molar-refractivity contribution in [1.82, 2.24) is 14.8 Å². The summed E-state index contributed by atoms with van der Waals surface area (Å²) in [6, 6.07) is 17.3. The van der Waals surface area contributed by atoms with Crippen LogP contribution in [0.1, 0.15) is 24.1 Å². The van der Waals surface area contributed by atoms with Crippen LogP contribution in [0.15, 0.2) is 67.1 Å². The summed E-state index contributed by atoms with van der Waals surface area (Å²) in [6.45, 7) is 1.77. The molecule has 0 spiro atoms. The van der Waals surface area contributed by atoms with Gasteiger partial charge in [0, 0.05) is 35.6 Å². The van der Waals surface area contributed by atoms with E-state index in [2.05, 4.69) is 52.5 Å². The van der Waals surface area contributed by atoms with Crippen molar-refractivity contribution in [3.05, 3.63) is 78.4 Å². The number of benzene rings is 2. The van der Waals surface area contributed by atoms with Gasteiger partial charge in [-0.3, -0.25) is 4.98 Å². The number of hydrogen-bond donors (Lipinski definition) is 1. The third kappa shape index (κ3) is 3.17. The van der Waals surface area contributed by atoms with Crippen molar-refractivity contribution in [2.24, 2.45) is 0 Å². The fraction of sp³-hybridized carbons (Fsp3) is 0.261. The molecule has 1 N–H and O–H groups in total. The molecule has 0 amide bonds. The first-order valence-electron chi connectivity index (χ1n) is 9.57. The molecule has 5 rings (SSSR count). The van der Waals surface area contributed by atoms with Crippen LogP contribution in [-0.4, -0.2) is 32.6 Å². The third-order valence-corrected chi connectivity index (χ3v) is 5.46. The van der Waals surface area contributed by atoms with Gasteiger partial charge in [-0.2, -0.15) is 0 Å². The lowest BCUT2D eigenvalue weighted by Crippen LogP contribution is -2.26. The quantitative estimate of drug-likeness (QED) is 0.746. The summed E-state index contributed by atoms with van der Waals surface area (Å²) in [5.41, 5.74) is 4.28. The fourth-order valence-corrected chi connectivity index (χ4v) is 3.89. The first kappa shape index (κ1) is 16.3. The van der Waals surface area contributed by atoms with Crippen molar-refractivity contribution in [3.63, 3.8) is 0 Å². The molecule has 1 fully saturated rings. The van der Waals surface area contributed by atoms with Gasteiger partial charge in [-0.05, 0) is 35.4 Å². The average molecular weight is 357 g/mol. The highest BCUT2D eigenvalue weighted by atomic mass is 16.3. The van der Waals surface area contributed by atoms with E-state index in [-0.39, 0.29) is 6.61 Å². The first-order valence-corrected chi connectivity index (χ1v) is 9.57. The summed E-state index contributed by atoms with van der Waals surface area (Å²) in [5.74, 6) is 0. The zero-order valence-corrected chi connectivity index (χ0v) is 15.3. The molecule has 1 aromatic heterocycles. The molecule has 4 heteroatoms. The summed E-state index contributed by atoms with van der Waals surface area (Å²) in [7, 11) is 0. The largest absolute Gasteiger partial charge is 0.392 e. The van der Waals surface area contributed by atoms with Gasteiger partial charge in [-0.15, -0.1) is 0 Å². The maximum atomic E-state index is 9.57. The van der Waals surface area contributed by atoms with E-state index in [4.69, 9.17) is 4.98 Å². The number of rotatable bonds is 5. The monoisotopic (exact) mass is 357 g/mol. The lowest BCUT2D eigenvalue weighted by molar-refractivity contribution is 0.252. The van der Waals surface area contributed by atoms with Crippen LogP contribution in [0.25, 0.3) is 21.9 Å². The van der Waals surface area contributed by atoms with Gasteiger partial charge in [0.2, 0.25) is 0 Å². The Kier molecular flexibility index (Phi) is 4.06. The molecule has 27 heavy (non-hydrogen) atoms. The van der Waals surface area contributed by atoms with Crippen molar-refractivity contribution in [1.29, 1.82) is 0 Å². The van der Waals surface area contributed by atoms with Crippen molar-refractivity contribution in [2.75, 3.05) is 6.67 Å². The number of pyridine rings is 1. The van der Waals surface area contributed by atoms with Crippen LogP contribution >= 0.6 is 0 Å². The molecule has 1 aliphatic heterocycles. The van der Waals surface area contributed by atoms with Gasteiger partial charge in [-0.1, -0.05) is 42.5 Å². The van der Waals surface area contributed by atoms with E-state index in [1.807, 2.05) is 24.4 Å². The van der Waals surface area contributed by atoms with Gasteiger partial charge in [0.05, 0.1) is 25.5 Å². The molecule has 0 saturated heterocycles.